The van der Waals surface area contributed by atoms with E-state index in [9.17, 15) is 0 Å². The summed E-state index contributed by atoms with van der Waals surface area (Å²) < 4.78 is 0. The molecule has 0 fully saturated rings. The number of rotatable bonds is 4. The quantitative estimate of drug-likeness (QED) is 0.681. The Labute approximate surface area is 75.3 Å². The van der Waals surface area contributed by atoms with E-state index in [1.54, 1.807) is 5.57 Å². The maximum Gasteiger partial charge on any atom is 0.00105 e. The highest BCUT2D eigenvalue weighted by atomic mass is 14.6. The van der Waals surface area contributed by atoms with E-state index in [4.69, 9.17) is 5.73 Å². The van der Waals surface area contributed by atoms with E-state index in [2.05, 4.69) is 25.2 Å². The molecule has 1 unspecified atom stereocenters. The molecule has 1 rings (SSSR count). The predicted molar refractivity (Wildman–Crippen MR) is 54.0 cm³/mol. The summed E-state index contributed by atoms with van der Waals surface area (Å²) in [7, 11) is 0. The third kappa shape index (κ3) is 3.72. The number of hydrogen-bond acceptors (Lipinski definition) is 1. The molecule has 2 N–H and O–H groups in total. The van der Waals surface area contributed by atoms with Gasteiger partial charge in [0.2, 0.25) is 0 Å². The summed E-state index contributed by atoms with van der Waals surface area (Å²) in [6, 6.07) is 0.365. The monoisotopic (exact) mass is 165 g/mol. The van der Waals surface area contributed by atoms with Crippen LogP contribution >= 0.6 is 0 Å². The van der Waals surface area contributed by atoms with E-state index in [0.717, 1.165) is 6.42 Å². The van der Waals surface area contributed by atoms with Gasteiger partial charge in [0.25, 0.3) is 0 Å². The highest BCUT2D eigenvalue weighted by molar-refractivity contribution is 5.17. The van der Waals surface area contributed by atoms with E-state index >= 15 is 0 Å². The molecule has 1 atom stereocenters. The fraction of sp³-hybridized carbons (Fsp3) is 0.636. The van der Waals surface area contributed by atoms with Crippen molar-refractivity contribution in [2.45, 2.75) is 45.1 Å². The molecule has 1 nitrogen and oxygen atoms in total. The van der Waals surface area contributed by atoms with Crippen molar-refractivity contribution in [2.75, 3.05) is 0 Å². The van der Waals surface area contributed by atoms with Gasteiger partial charge in [0.1, 0.15) is 0 Å². The van der Waals surface area contributed by atoms with Crippen LogP contribution in [0, 0.1) is 0 Å². The van der Waals surface area contributed by atoms with Gasteiger partial charge in [-0.15, -0.1) is 0 Å². The lowest BCUT2D eigenvalue weighted by molar-refractivity contribution is 0.615. The van der Waals surface area contributed by atoms with Crippen LogP contribution in [0.25, 0.3) is 0 Å². The Balaban J connectivity index is 2.14. The summed E-state index contributed by atoms with van der Waals surface area (Å²) in [6.07, 6.45) is 12.8. The molecule has 0 saturated carbocycles. The molecule has 0 aromatic heterocycles. The second-order valence-corrected chi connectivity index (χ2v) is 3.66. The molecule has 68 valence electrons. The molecule has 0 saturated heterocycles. The summed E-state index contributed by atoms with van der Waals surface area (Å²) in [5, 5.41) is 0. The van der Waals surface area contributed by atoms with Crippen molar-refractivity contribution in [1.29, 1.82) is 0 Å². The zero-order valence-electron chi connectivity index (χ0n) is 7.92. The van der Waals surface area contributed by atoms with E-state index in [1.165, 1.54) is 25.7 Å². The highest BCUT2D eigenvalue weighted by Crippen LogP contribution is 2.17. The Kier molecular flexibility index (Phi) is 4.09. The van der Waals surface area contributed by atoms with Crippen LogP contribution in [-0.4, -0.2) is 6.04 Å². The average Bonchev–Trinajstić information content (AvgIpc) is 2.05. The summed E-state index contributed by atoms with van der Waals surface area (Å²) in [5.41, 5.74) is 7.27. The Hall–Kier alpha value is -0.560. The SMILES string of the molecule is CC(N)CCCC1=CC=CCC1. The van der Waals surface area contributed by atoms with Crippen LogP contribution in [0.5, 0.6) is 0 Å². The van der Waals surface area contributed by atoms with Crippen molar-refractivity contribution in [1.82, 2.24) is 0 Å². The zero-order valence-corrected chi connectivity index (χ0v) is 7.92. The minimum absolute atomic E-state index is 0.365. The first-order chi connectivity index (χ1) is 5.79. The van der Waals surface area contributed by atoms with Gasteiger partial charge in [-0.3, -0.25) is 0 Å². The lowest BCUT2D eigenvalue weighted by Crippen LogP contribution is -2.14. The zero-order chi connectivity index (χ0) is 8.81. The molecule has 1 heteroatoms. The highest BCUT2D eigenvalue weighted by Gasteiger charge is 2.00. The number of nitrogens with two attached hydrogens (primary N) is 1. The lowest BCUT2D eigenvalue weighted by Gasteiger charge is -2.09. The first kappa shape index (κ1) is 9.53. The van der Waals surface area contributed by atoms with E-state index in [-0.39, 0.29) is 0 Å². The molecule has 12 heavy (non-hydrogen) atoms. The van der Waals surface area contributed by atoms with Crippen LogP contribution in [0.15, 0.2) is 23.8 Å². The summed E-state index contributed by atoms with van der Waals surface area (Å²) in [4.78, 5) is 0. The lowest BCUT2D eigenvalue weighted by atomic mass is 9.99. The van der Waals surface area contributed by atoms with Crippen molar-refractivity contribution in [3.05, 3.63) is 23.8 Å². The van der Waals surface area contributed by atoms with Gasteiger partial charge in [-0.25, -0.2) is 0 Å². The predicted octanol–water partition coefficient (Wildman–Crippen LogP) is 2.78. The molecule has 0 radical (unpaired) electrons. The van der Waals surface area contributed by atoms with Crippen LogP contribution in [0.2, 0.25) is 0 Å². The number of allylic oxidation sites excluding steroid dienone is 4. The molecule has 1 aliphatic rings. The first-order valence-electron chi connectivity index (χ1n) is 4.89. The second kappa shape index (κ2) is 5.15. The van der Waals surface area contributed by atoms with Crippen LogP contribution in [-0.2, 0) is 0 Å². The first-order valence-corrected chi connectivity index (χ1v) is 4.89. The summed E-state index contributed by atoms with van der Waals surface area (Å²) >= 11 is 0. The Morgan fingerprint density at radius 2 is 2.42 bits per heavy atom. The largest absolute Gasteiger partial charge is 0.328 e. The molecular weight excluding hydrogens is 146 g/mol. The normalized spacial score (nSPS) is 19.0. The Bertz CT molecular complexity index is 177. The van der Waals surface area contributed by atoms with Crippen molar-refractivity contribution < 1.29 is 0 Å². The maximum absolute atomic E-state index is 5.67. The van der Waals surface area contributed by atoms with E-state index in [1.807, 2.05) is 0 Å². The van der Waals surface area contributed by atoms with Crippen LogP contribution in [0.3, 0.4) is 0 Å². The van der Waals surface area contributed by atoms with Gasteiger partial charge in [-0.05, 0) is 39.0 Å². The van der Waals surface area contributed by atoms with Gasteiger partial charge in [0.15, 0.2) is 0 Å². The summed E-state index contributed by atoms with van der Waals surface area (Å²) in [6.45, 7) is 2.08. The van der Waals surface area contributed by atoms with Crippen molar-refractivity contribution in [2.24, 2.45) is 5.73 Å². The van der Waals surface area contributed by atoms with Crippen LogP contribution < -0.4 is 5.73 Å². The van der Waals surface area contributed by atoms with Crippen molar-refractivity contribution >= 4 is 0 Å². The fourth-order valence-corrected chi connectivity index (χ4v) is 1.51. The Morgan fingerprint density at radius 1 is 1.58 bits per heavy atom. The topological polar surface area (TPSA) is 26.0 Å². The van der Waals surface area contributed by atoms with Gasteiger partial charge >= 0.3 is 0 Å². The van der Waals surface area contributed by atoms with E-state index in [0.29, 0.717) is 6.04 Å². The molecule has 0 aliphatic heterocycles. The third-order valence-corrected chi connectivity index (χ3v) is 2.26. The molecular formula is C11H19N. The van der Waals surface area contributed by atoms with Gasteiger partial charge < -0.3 is 5.73 Å². The van der Waals surface area contributed by atoms with E-state index < -0.39 is 0 Å². The molecule has 0 heterocycles. The fourth-order valence-electron chi connectivity index (χ4n) is 1.51. The molecule has 0 bridgehead atoms. The minimum Gasteiger partial charge on any atom is -0.328 e. The molecule has 0 spiro atoms. The van der Waals surface area contributed by atoms with Crippen molar-refractivity contribution in [3.63, 3.8) is 0 Å². The van der Waals surface area contributed by atoms with Gasteiger partial charge in [0.05, 0.1) is 0 Å². The minimum atomic E-state index is 0.365. The van der Waals surface area contributed by atoms with Gasteiger partial charge in [-0.2, -0.15) is 0 Å². The maximum atomic E-state index is 5.67. The average molecular weight is 165 g/mol. The third-order valence-electron chi connectivity index (χ3n) is 2.26. The molecule has 0 aromatic rings. The van der Waals surface area contributed by atoms with Gasteiger partial charge in [0, 0.05) is 6.04 Å². The smallest absolute Gasteiger partial charge is 0.00105 e. The van der Waals surface area contributed by atoms with Crippen molar-refractivity contribution in [3.8, 4) is 0 Å². The molecule has 0 amide bonds. The second-order valence-electron chi connectivity index (χ2n) is 3.66. The van der Waals surface area contributed by atoms with Crippen LogP contribution in [0.4, 0.5) is 0 Å². The van der Waals surface area contributed by atoms with Gasteiger partial charge in [-0.1, -0.05) is 23.8 Å². The standard InChI is InChI=1S/C11H19N/c1-10(12)6-5-9-11-7-3-2-4-8-11/h2-3,7,10H,4-6,8-9,12H2,1H3. The molecule has 1 aliphatic carbocycles. The molecule has 0 aromatic carbocycles. The van der Waals surface area contributed by atoms with Crippen LogP contribution in [0.1, 0.15) is 39.0 Å². The Morgan fingerprint density at radius 3 is 3.00 bits per heavy atom. The summed E-state index contributed by atoms with van der Waals surface area (Å²) in [5.74, 6) is 0. The number of hydrogen-bond donors (Lipinski definition) is 1.